The molecule has 2 aromatic heterocycles. The number of carbonyl (C=O) groups is 1. The van der Waals surface area contributed by atoms with Crippen LogP contribution in [0.4, 0.5) is 10.5 Å². The first-order chi connectivity index (χ1) is 12.3. The highest BCUT2D eigenvalue weighted by atomic mass is 16.2. The minimum absolute atomic E-state index is 0.0618. The van der Waals surface area contributed by atoms with Crippen LogP contribution in [-0.2, 0) is 6.54 Å². The normalized spacial score (nSPS) is 12.8. The summed E-state index contributed by atoms with van der Waals surface area (Å²) in [6.45, 7) is 8.84. The number of aryl methyl sites for hydroxylation is 1. The van der Waals surface area contributed by atoms with E-state index in [1.807, 2.05) is 42.0 Å². The molecule has 7 heteroatoms. The van der Waals surface area contributed by atoms with Crippen LogP contribution < -0.4 is 10.6 Å². The molecule has 2 amide bonds. The van der Waals surface area contributed by atoms with Gasteiger partial charge in [-0.25, -0.2) is 9.78 Å². The summed E-state index contributed by atoms with van der Waals surface area (Å²) in [5.74, 6) is 0. The van der Waals surface area contributed by atoms with Gasteiger partial charge in [0.2, 0.25) is 0 Å². The molecule has 0 spiro atoms. The van der Waals surface area contributed by atoms with Crippen LogP contribution in [0, 0.1) is 12.3 Å². The number of nitrogens with zero attached hydrogens (tertiary/aromatic N) is 4. The van der Waals surface area contributed by atoms with Gasteiger partial charge >= 0.3 is 6.03 Å². The first-order valence-corrected chi connectivity index (χ1v) is 8.59. The molecule has 26 heavy (non-hydrogen) atoms. The number of hydrogen-bond acceptors (Lipinski definition) is 4. The average Bonchev–Trinajstić information content (AvgIpc) is 3.07. The molecule has 0 aliphatic rings. The molecule has 1 unspecified atom stereocenters. The van der Waals surface area contributed by atoms with Crippen molar-refractivity contribution < 1.29 is 4.79 Å². The highest BCUT2D eigenvalue weighted by Crippen LogP contribution is 2.23. The molecule has 2 heterocycles. The predicted molar refractivity (Wildman–Crippen MR) is 102 cm³/mol. The molecule has 3 rings (SSSR count). The minimum Gasteiger partial charge on any atom is -0.335 e. The van der Waals surface area contributed by atoms with Crippen molar-refractivity contribution in [3.63, 3.8) is 0 Å². The van der Waals surface area contributed by atoms with E-state index in [4.69, 9.17) is 0 Å². The number of benzene rings is 1. The van der Waals surface area contributed by atoms with Gasteiger partial charge in [0.05, 0.1) is 29.3 Å². The predicted octanol–water partition coefficient (Wildman–Crippen LogP) is 3.37. The summed E-state index contributed by atoms with van der Waals surface area (Å²) in [5.41, 5.74) is 2.16. The fourth-order valence-electron chi connectivity index (χ4n) is 2.73. The number of anilines is 1. The second-order valence-corrected chi connectivity index (χ2v) is 7.50. The lowest BCUT2D eigenvalue weighted by Gasteiger charge is -2.31. The second kappa shape index (κ2) is 7.11. The summed E-state index contributed by atoms with van der Waals surface area (Å²) < 4.78 is 1.97. The summed E-state index contributed by atoms with van der Waals surface area (Å²) in [5, 5.41) is 15.1. The minimum atomic E-state index is -0.244. The van der Waals surface area contributed by atoms with Gasteiger partial charge in [-0.15, -0.1) is 0 Å². The maximum absolute atomic E-state index is 12.6. The third-order valence-electron chi connectivity index (χ3n) is 4.30. The van der Waals surface area contributed by atoms with Crippen molar-refractivity contribution in [2.75, 3.05) is 5.32 Å². The number of urea groups is 1. The first kappa shape index (κ1) is 17.8. The molecule has 7 nitrogen and oxygen atoms in total. The monoisotopic (exact) mass is 352 g/mol. The molecule has 0 aliphatic heterocycles. The molecule has 136 valence electrons. The number of rotatable bonds is 4. The lowest BCUT2D eigenvalue weighted by molar-refractivity contribution is 0.219. The Morgan fingerprint density at radius 3 is 2.77 bits per heavy atom. The number of nitrogens with one attached hydrogen (secondary N) is 2. The average molecular weight is 352 g/mol. The van der Waals surface area contributed by atoms with Crippen molar-refractivity contribution in [3.8, 4) is 0 Å². The molecule has 0 aliphatic carbocycles. The zero-order valence-electron chi connectivity index (χ0n) is 15.5. The first-order valence-electron chi connectivity index (χ1n) is 8.59. The number of fused-ring (bicyclic) bond motifs is 1. The summed E-state index contributed by atoms with van der Waals surface area (Å²) in [6.07, 6.45) is 5.38. The Kier molecular flexibility index (Phi) is 4.88. The lowest BCUT2D eigenvalue weighted by atomic mass is 9.86. The summed E-state index contributed by atoms with van der Waals surface area (Å²) >= 11 is 0. The van der Waals surface area contributed by atoms with Crippen molar-refractivity contribution in [1.29, 1.82) is 0 Å². The van der Waals surface area contributed by atoms with E-state index in [0.717, 1.165) is 16.6 Å². The summed E-state index contributed by atoms with van der Waals surface area (Å²) in [7, 11) is 0. The number of imidazole rings is 1. The van der Waals surface area contributed by atoms with E-state index >= 15 is 0 Å². The van der Waals surface area contributed by atoms with Crippen LogP contribution in [0.2, 0.25) is 0 Å². The van der Waals surface area contributed by atoms with Crippen LogP contribution in [-0.4, -0.2) is 31.8 Å². The van der Waals surface area contributed by atoms with E-state index in [-0.39, 0.29) is 17.5 Å². The Morgan fingerprint density at radius 1 is 1.27 bits per heavy atom. The van der Waals surface area contributed by atoms with Crippen LogP contribution in [0.15, 0.2) is 43.0 Å². The Morgan fingerprint density at radius 2 is 2.08 bits per heavy atom. The molecule has 0 saturated heterocycles. The summed E-state index contributed by atoms with van der Waals surface area (Å²) in [6, 6.07) is 7.21. The van der Waals surface area contributed by atoms with Crippen LogP contribution in [0.5, 0.6) is 0 Å². The Hall–Kier alpha value is -2.96. The van der Waals surface area contributed by atoms with Crippen LogP contribution >= 0.6 is 0 Å². The molecule has 2 N–H and O–H groups in total. The van der Waals surface area contributed by atoms with Crippen molar-refractivity contribution in [1.82, 2.24) is 25.1 Å². The van der Waals surface area contributed by atoms with E-state index in [9.17, 15) is 4.79 Å². The number of aromatic nitrogens is 4. The third-order valence-corrected chi connectivity index (χ3v) is 4.30. The molecule has 0 saturated carbocycles. The quantitative estimate of drug-likeness (QED) is 0.754. The Labute approximate surface area is 152 Å². The van der Waals surface area contributed by atoms with E-state index < -0.39 is 0 Å². The number of amides is 2. The van der Waals surface area contributed by atoms with Crippen molar-refractivity contribution in [3.05, 3.63) is 48.7 Å². The fourth-order valence-corrected chi connectivity index (χ4v) is 2.73. The van der Waals surface area contributed by atoms with E-state index in [2.05, 4.69) is 46.6 Å². The zero-order valence-corrected chi connectivity index (χ0v) is 15.5. The highest BCUT2D eigenvalue weighted by Gasteiger charge is 2.26. The number of hydrogen-bond donors (Lipinski definition) is 2. The maximum Gasteiger partial charge on any atom is 0.319 e. The second-order valence-electron chi connectivity index (χ2n) is 7.50. The molecular formula is C19H24N6O. The fraction of sp³-hybridized carbons (Fsp3) is 0.368. The largest absolute Gasteiger partial charge is 0.335 e. The highest BCUT2D eigenvalue weighted by molar-refractivity contribution is 6.00. The van der Waals surface area contributed by atoms with Gasteiger partial charge in [0, 0.05) is 24.3 Å². The SMILES string of the molecule is Cc1cc2c(NC(=O)NC(Cn3ccnc3)C(C)(C)C)cccc2nn1. The van der Waals surface area contributed by atoms with Gasteiger partial charge in [0.1, 0.15) is 0 Å². The Balaban J connectivity index is 1.77. The van der Waals surface area contributed by atoms with Crippen molar-refractivity contribution >= 4 is 22.6 Å². The van der Waals surface area contributed by atoms with Crippen LogP contribution in [0.1, 0.15) is 26.5 Å². The van der Waals surface area contributed by atoms with Crippen LogP contribution in [0.3, 0.4) is 0 Å². The topological polar surface area (TPSA) is 84.7 Å². The smallest absolute Gasteiger partial charge is 0.319 e. The molecule has 0 bridgehead atoms. The van der Waals surface area contributed by atoms with Gasteiger partial charge in [0.15, 0.2) is 0 Å². The molecule has 1 atom stereocenters. The van der Waals surface area contributed by atoms with E-state index in [1.165, 1.54) is 0 Å². The molecular weight excluding hydrogens is 328 g/mol. The number of carbonyl (C=O) groups excluding carboxylic acids is 1. The molecule has 1 aromatic carbocycles. The lowest BCUT2D eigenvalue weighted by Crippen LogP contribution is -2.47. The van der Waals surface area contributed by atoms with Gasteiger partial charge in [0.25, 0.3) is 0 Å². The molecule has 0 radical (unpaired) electrons. The van der Waals surface area contributed by atoms with Gasteiger partial charge in [-0.05, 0) is 30.5 Å². The molecule has 0 fully saturated rings. The van der Waals surface area contributed by atoms with Crippen molar-refractivity contribution in [2.45, 2.75) is 40.3 Å². The van der Waals surface area contributed by atoms with Gasteiger partial charge in [-0.1, -0.05) is 26.8 Å². The Bertz CT molecular complexity index is 898. The third kappa shape index (κ3) is 4.17. The van der Waals surface area contributed by atoms with Gasteiger partial charge in [-0.3, -0.25) is 0 Å². The van der Waals surface area contributed by atoms with E-state index in [1.54, 1.807) is 12.5 Å². The standard InChI is InChI=1S/C19H24N6O/c1-13-10-14-15(6-5-7-16(14)24-23-13)21-18(26)22-17(19(2,3)4)11-25-9-8-20-12-25/h5-10,12,17H,11H2,1-4H3,(H2,21,22,26). The summed E-state index contributed by atoms with van der Waals surface area (Å²) in [4.78, 5) is 16.7. The van der Waals surface area contributed by atoms with Gasteiger partial charge in [-0.2, -0.15) is 10.2 Å². The maximum atomic E-state index is 12.6. The van der Waals surface area contributed by atoms with Gasteiger partial charge < -0.3 is 15.2 Å². The van der Waals surface area contributed by atoms with Crippen LogP contribution in [0.25, 0.3) is 10.9 Å². The van der Waals surface area contributed by atoms with Crippen molar-refractivity contribution in [2.24, 2.45) is 5.41 Å². The zero-order chi connectivity index (χ0) is 18.7. The van der Waals surface area contributed by atoms with E-state index in [0.29, 0.717) is 12.2 Å². The molecule has 3 aromatic rings.